The molecule has 8 heteroatoms. The van der Waals surface area contributed by atoms with Crippen molar-refractivity contribution >= 4 is 17.5 Å². The monoisotopic (exact) mass is 388 g/mol. The second-order valence-corrected chi connectivity index (χ2v) is 6.18. The highest BCUT2D eigenvalue weighted by Gasteiger charge is 2.26. The Morgan fingerprint density at radius 2 is 1.89 bits per heavy atom. The van der Waals surface area contributed by atoms with Gasteiger partial charge in [0.05, 0.1) is 22.8 Å². The lowest BCUT2D eigenvalue weighted by molar-refractivity contribution is 0.0947. The van der Waals surface area contributed by atoms with Crippen molar-refractivity contribution in [2.75, 3.05) is 6.54 Å². The van der Waals surface area contributed by atoms with Gasteiger partial charge in [0.25, 0.3) is 5.91 Å². The molecule has 1 amide bonds. The number of nitrogens with zero attached hydrogens (tertiary/aromatic N) is 1. The summed E-state index contributed by atoms with van der Waals surface area (Å²) in [6.45, 7) is 2.06. The molecule has 3 aromatic rings. The maximum atomic E-state index is 12.4. The molecule has 0 aliphatic rings. The first-order valence-corrected chi connectivity index (χ1v) is 8.54. The lowest BCUT2D eigenvalue weighted by Gasteiger charge is -2.08. The highest BCUT2D eigenvalue weighted by Crippen LogP contribution is 2.42. The van der Waals surface area contributed by atoms with E-state index in [2.05, 4.69) is 10.5 Å². The molecule has 0 atom stereocenters. The summed E-state index contributed by atoms with van der Waals surface area (Å²) >= 11 is 5.96. The molecule has 0 saturated carbocycles. The zero-order chi connectivity index (χ0) is 19.6. The predicted octanol–water partition coefficient (Wildman–Crippen LogP) is 3.32. The van der Waals surface area contributed by atoms with Crippen LogP contribution in [0.4, 0.5) is 0 Å². The second kappa shape index (κ2) is 7.69. The van der Waals surface area contributed by atoms with E-state index in [-0.39, 0.29) is 40.1 Å². The van der Waals surface area contributed by atoms with Gasteiger partial charge in [-0.3, -0.25) is 4.79 Å². The van der Waals surface area contributed by atoms with E-state index in [9.17, 15) is 20.1 Å². The van der Waals surface area contributed by atoms with Crippen LogP contribution in [0.2, 0.25) is 5.02 Å². The van der Waals surface area contributed by atoms with Crippen LogP contribution in [-0.4, -0.2) is 32.9 Å². The number of aliphatic hydroxyl groups excluding tert-OH is 1. The van der Waals surface area contributed by atoms with Crippen molar-refractivity contribution in [3.63, 3.8) is 0 Å². The SMILES string of the molecule is CCNC(=O)c1noc(-c2cc(Cl)c(O)cc2O)c1-c1ccc(CO)cc1. The fourth-order valence-corrected chi connectivity index (χ4v) is 2.81. The molecular weight excluding hydrogens is 372 g/mol. The van der Waals surface area contributed by atoms with Crippen molar-refractivity contribution in [3.8, 4) is 33.9 Å². The number of aromatic nitrogens is 1. The lowest BCUT2D eigenvalue weighted by Crippen LogP contribution is -2.23. The fraction of sp³-hybridized carbons (Fsp3) is 0.158. The molecule has 0 radical (unpaired) electrons. The van der Waals surface area contributed by atoms with Crippen LogP contribution in [0, 0.1) is 0 Å². The van der Waals surface area contributed by atoms with E-state index in [1.54, 1.807) is 31.2 Å². The molecular formula is C19H17ClN2O5. The van der Waals surface area contributed by atoms with Crippen LogP contribution < -0.4 is 5.32 Å². The quantitative estimate of drug-likeness (QED) is 0.533. The highest BCUT2D eigenvalue weighted by atomic mass is 35.5. The van der Waals surface area contributed by atoms with Crippen molar-refractivity contribution in [2.45, 2.75) is 13.5 Å². The van der Waals surface area contributed by atoms with Gasteiger partial charge in [0.1, 0.15) is 11.5 Å². The summed E-state index contributed by atoms with van der Waals surface area (Å²) in [6.07, 6.45) is 0. The van der Waals surface area contributed by atoms with Crippen molar-refractivity contribution in [1.82, 2.24) is 10.5 Å². The van der Waals surface area contributed by atoms with Crippen molar-refractivity contribution < 1.29 is 24.6 Å². The Bertz CT molecular complexity index is 983. The molecule has 1 aromatic heterocycles. The number of hydrogen-bond donors (Lipinski definition) is 4. The van der Waals surface area contributed by atoms with Crippen LogP contribution >= 0.6 is 11.6 Å². The number of nitrogens with one attached hydrogen (secondary N) is 1. The average molecular weight is 389 g/mol. The molecule has 3 rings (SSSR count). The van der Waals surface area contributed by atoms with Crippen LogP contribution in [0.3, 0.4) is 0 Å². The largest absolute Gasteiger partial charge is 0.507 e. The summed E-state index contributed by atoms with van der Waals surface area (Å²) in [6, 6.07) is 9.26. The first-order valence-electron chi connectivity index (χ1n) is 8.16. The van der Waals surface area contributed by atoms with Crippen LogP contribution in [0.25, 0.3) is 22.5 Å². The number of phenols is 2. The summed E-state index contributed by atoms with van der Waals surface area (Å²) < 4.78 is 5.38. The Balaban J connectivity index is 2.23. The number of carbonyl (C=O) groups excluding carboxylic acids is 1. The van der Waals surface area contributed by atoms with Gasteiger partial charge in [-0.1, -0.05) is 41.0 Å². The summed E-state index contributed by atoms with van der Waals surface area (Å²) in [5, 5.41) is 35.7. The Hall–Kier alpha value is -3.03. The van der Waals surface area contributed by atoms with E-state index in [0.717, 1.165) is 6.07 Å². The summed E-state index contributed by atoms with van der Waals surface area (Å²) in [4.78, 5) is 12.4. The maximum absolute atomic E-state index is 12.4. The van der Waals surface area contributed by atoms with Gasteiger partial charge in [-0.15, -0.1) is 0 Å². The molecule has 140 valence electrons. The topological polar surface area (TPSA) is 116 Å². The van der Waals surface area contributed by atoms with Crippen molar-refractivity contribution in [3.05, 3.63) is 52.7 Å². The third-order valence-electron chi connectivity index (χ3n) is 3.98. The van der Waals surface area contributed by atoms with Gasteiger partial charge >= 0.3 is 0 Å². The third kappa shape index (κ3) is 3.60. The van der Waals surface area contributed by atoms with Crippen molar-refractivity contribution in [1.29, 1.82) is 0 Å². The molecule has 2 aromatic carbocycles. The summed E-state index contributed by atoms with van der Waals surface area (Å²) in [5.74, 6) is -0.857. The fourth-order valence-electron chi connectivity index (χ4n) is 2.65. The third-order valence-corrected chi connectivity index (χ3v) is 4.28. The number of halogens is 1. The molecule has 4 N–H and O–H groups in total. The number of hydrogen-bond acceptors (Lipinski definition) is 6. The number of aromatic hydroxyl groups is 2. The van der Waals surface area contributed by atoms with Gasteiger partial charge < -0.3 is 25.2 Å². The molecule has 1 heterocycles. The first-order chi connectivity index (χ1) is 13.0. The van der Waals surface area contributed by atoms with Crippen molar-refractivity contribution in [2.24, 2.45) is 0 Å². The molecule has 0 spiro atoms. The number of phenolic OH excluding ortho intramolecular Hbond substituents is 2. The van der Waals surface area contributed by atoms with E-state index < -0.39 is 5.91 Å². The van der Waals surface area contributed by atoms with Gasteiger partial charge in [0.15, 0.2) is 11.5 Å². The molecule has 0 bridgehead atoms. The van der Waals surface area contributed by atoms with E-state index >= 15 is 0 Å². The normalized spacial score (nSPS) is 10.8. The highest BCUT2D eigenvalue weighted by molar-refractivity contribution is 6.32. The minimum Gasteiger partial charge on any atom is -0.507 e. The standard InChI is InChI=1S/C19H17ClN2O5/c1-2-21-19(26)17-16(11-5-3-10(9-23)4-6-11)18(27-22-17)12-7-13(20)15(25)8-14(12)24/h3-8,23-25H,2,9H2,1H3,(H,21,26). The maximum Gasteiger partial charge on any atom is 0.274 e. The molecule has 7 nitrogen and oxygen atoms in total. The number of carbonyl (C=O) groups is 1. The zero-order valence-electron chi connectivity index (χ0n) is 14.4. The molecule has 0 saturated heterocycles. The minimum absolute atomic E-state index is 0.0142. The Kier molecular flexibility index (Phi) is 5.34. The second-order valence-electron chi connectivity index (χ2n) is 5.77. The lowest BCUT2D eigenvalue weighted by atomic mass is 9.97. The Morgan fingerprint density at radius 1 is 1.19 bits per heavy atom. The molecule has 0 fully saturated rings. The molecule has 0 unspecified atom stereocenters. The predicted molar refractivity (Wildman–Crippen MR) is 99.6 cm³/mol. The number of rotatable bonds is 5. The molecule has 0 aliphatic carbocycles. The Morgan fingerprint density at radius 3 is 2.52 bits per heavy atom. The van der Waals surface area contributed by atoms with Crippen LogP contribution in [-0.2, 0) is 6.61 Å². The molecule has 0 aliphatic heterocycles. The molecule has 27 heavy (non-hydrogen) atoms. The first kappa shape index (κ1) is 18.8. The zero-order valence-corrected chi connectivity index (χ0v) is 15.1. The average Bonchev–Trinajstić information content (AvgIpc) is 3.10. The van der Waals surface area contributed by atoms with Gasteiger partial charge in [0, 0.05) is 12.6 Å². The minimum atomic E-state index is -0.432. The van der Waals surface area contributed by atoms with E-state index in [1.807, 2.05) is 0 Å². The smallest absolute Gasteiger partial charge is 0.274 e. The Labute approximate surface area is 159 Å². The van der Waals surface area contributed by atoms with E-state index in [0.29, 0.717) is 23.2 Å². The number of amides is 1. The van der Waals surface area contributed by atoms with Gasteiger partial charge in [-0.2, -0.15) is 0 Å². The van der Waals surface area contributed by atoms with E-state index in [1.165, 1.54) is 6.07 Å². The summed E-state index contributed by atoms with van der Waals surface area (Å²) in [7, 11) is 0. The van der Waals surface area contributed by atoms with E-state index in [4.69, 9.17) is 16.1 Å². The summed E-state index contributed by atoms with van der Waals surface area (Å²) in [5.41, 5.74) is 1.90. The van der Waals surface area contributed by atoms with Crippen LogP contribution in [0.5, 0.6) is 11.5 Å². The van der Waals surface area contributed by atoms with Gasteiger partial charge in [-0.05, 0) is 24.1 Å². The van der Waals surface area contributed by atoms with Gasteiger partial charge in [0.2, 0.25) is 0 Å². The van der Waals surface area contributed by atoms with Crippen LogP contribution in [0.1, 0.15) is 23.0 Å². The number of aliphatic hydroxyl groups is 1. The van der Waals surface area contributed by atoms with Crippen LogP contribution in [0.15, 0.2) is 40.9 Å². The van der Waals surface area contributed by atoms with Gasteiger partial charge in [-0.25, -0.2) is 0 Å². The number of benzene rings is 2.